The number of piperazine rings is 1. The minimum atomic E-state index is -0.522. The van der Waals surface area contributed by atoms with E-state index in [0.717, 1.165) is 30.6 Å². The van der Waals surface area contributed by atoms with E-state index >= 15 is 0 Å². The molecule has 2 atom stereocenters. The van der Waals surface area contributed by atoms with Gasteiger partial charge in [-0.2, -0.15) is 0 Å². The third kappa shape index (κ3) is 4.20. The first-order chi connectivity index (χ1) is 18.9. The molecule has 3 heterocycles. The summed E-state index contributed by atoms with van der Waals surface area (Å²) in [6.45, 7) is 7.64. The number of rotatable bonds is 4. The van der Waals surface area contributed by atoms with E-state index in [1.807, 2.05) is 28.0 Å². The molecule has 3 aromatic rings. The topological polar surface area (TPSA) is 62.3 Å². The number of ether oxygens (including phenoxy) is 2. The Bertz CT molecular complexity index is 1440. The molecule has 39 heavy (non-hydrogen) atoms. The second kappa shape index (κ2) is 9.95. The van der Waals surface area contributed by atoms with Crippen molar-refractivity contribution in [1.82, 2.24) is 9.80 Å². The predicted molar refractivity (Wildman–Crippen MR) is 151 cm³/mol. The van der Waals surface area contributed by atoms with Gasteiger partial charge < -0.3 is 24.2 Å². The second-order valence-corrected chi connectivity index (χ2v) is 10.8. The predicted octanol–water partition coefficient (Wildman–Crippen LogP) is 4.51. The molecule has 0 aliphatic carbocycles. The van der Waals surface area contributed by atoms with E-state index in [4.69, 9.17) is 9.47 Å². The minimum Gasteiger partial charge on any atom is -0.493 e. The molecule has 1 fully saturated rings. The molecule has 0 saturated carbocycles. The van der Waals surface area contributed by atoms with Crippen molar-refractivity contribution in [3.05, 3.63) is 88.0 Å². The van der Waals surface area contributed by atoms with E-state index in [2.05, 4.69) is 49.1 Å². The van der Waals surface area contributed by atoms with Crippen molar-refractivity contribution in [2.45, 2.75) is 32.2 Å². The smallest absolute Gasteiger partial charge is 0.254 e. The molecule has 0 spiro atoms. The minimum absolute atomic E-state index is 0.0586. The van der Waals surface area contributed by atoms with Gasteiger partial charge in [-0.3, -0.25) is 9.59 Å². The van der Waals surface area contributed by atoms with E-state index < -0.39 is 5.92 Å². The SMILES string of the molecule is COc1cc2c(cc1OC)[C@@H](C(=O)N1CCN(c3cc(C)ccc3C)CC1)[C@H]1c3ccccc3CCN1C2=O. The summed E-state index contributed by atoms with van der Waals surface area (Å²) in [7, 11) is 3.15. The summed E-state index contributed by atoms with van der Waals surface area (Å²) in [5, 5.41) is 0. The molecule has 6 rings (SSSR count). The Morgan fingerprint density at radius 2 is 1.56 bits per heavy atom. The van der Waals surface area contributed by atoms with E-state index in [0.29, 0.717) is 36.7 Å². The van der Waals surface area contributed by atoms with Crippen LogP contribution in [-0.4, -0.2) is 68.6 Å². The maximum absolute atomic E-state index is 14.5. The first kappa shape index (κ1) is 25.3. The summed E-state index contributed by atoms with van der Waals surface area (Å²) in [5.74, 6) is 0.497. The number of hydrogen-bond acceptors (Lipinski definition) is 5. The molecule has 2 amide bonds. The van der Waals surface area contributed by atoms with E-state index in [1.165, 1.54) is 22.4 Å². The highest BCUT2D eigenvalue weighted by atomic mass is 16.5. The summed E-state index contributed by atoms with van der Waals surface area (Å²) in [5.41, 5.74) is 7.22. The van der Waals surface area contributed by atoms with Gasteiger partial charge in [0.15, 0.2) is 11.5 Å². The average molecular weight is 526 g/mol. The van der Waals surface area contributed by atoms with Gasteiger partial charge in [0.2, 0.25) is 5.91 Å². The second-order valence-electron chi connectivity index (χ2n) is 10.8. The molecular weight excluding hydrogens is 490 g/mol. The third-order valence-corrected chi connectivity index (χ3v) is 8.59. The van der Waals surface area contributed by atoms with Gasteiger partial charge in [-0.1, -0.05) is 36.4 Å². The van der Waals surface area contributed by atoms with Crippen molar-refractivity contribution in [1.29, 1.82) is 0 Å². The summed E-state index contributed by atoms with van der Waals surface area (Å²) in [4.78, 5) is 34.6. The highest BCUT2D eigenvalue weighted by molar-refractivity contribution is 6.02. The largest absolute Gasteiger partial charge is 0.493 e. The summed E-state index contributed by atoms with van der Waals surface area (Å²) < 4.78 is 11.1. The van der Waals surface area contributed by atoms with Crippen molar-refractivity contribution in [2.75, 3.05) is 51.8 Å². The Labute approximate surface area is 229 Å². The molecule has 7 heteroatoms. The van der Waals surface area contributed by atoms with E-state index in [-0.39, 0.29) is 17.9 Å². The fraction of sp³-hybridized carbons (Fsp3) is 0.375. The van der Waals surface area contributed by atoms with Crippen molar-refractivity contribution in [3.63, 3.8) is 0 Å². The van der Waals surface area contributed by atoms with Gasteiger partial charge >= 0.3 is 0 Å². The number of benzene rings is 3. The Balaban J connectivity index is 1.38. The normalized spacial score (nSPS) is 20.2. The van der Waals surface area contributed by atoms with Gasteiger partial charge in [-0.05, 0) is 66.3 Å². The molecule has 0 unspecified atom stereocenters. The van der Waals surface area contributed by atoms with Crippen LogP contribution >= 0.6 is 0 Å². The van der Waals surface area contributed by atoms with Crippen molar-refractivity contribution in [3.8, 4) is 11.5 Å². The van der Waals surface area contributed by atoms with Crippen LogP contribution in [0.1, 0.15) is 50.1 Å². The van der Waals surface area contributed by atoms with Crippen LogP contribution in [0.15, 0.2) is 54.6 Å². The summed E-state index contributed by atoms with van der Waals surface area (Å²) in [6, 6.07) is 18.0. The monoisotopic (exact) mass is 525 g/mol. The molecule has 7 nitrogen and oxygen atoms in total. The highest BCUT2D eigenvalue weighted by Crippen LogP contribution is 2.49. The quantitative estimate of drug-likeness (QED) is 0.502. The lowest BCUT2D eigenvalue weighted by Gasteiger charge is -2.47. The zero-order valence-corrected chi connectivity index (χ0v) is 23.1. The number of anilines is 1. The van der Waals surface area contributed by atoms with Crippen LogP contribution < -0.4 is 14.4 Å². The summed E-state index contributed by atoms with van der Waals surface area (Å²) in [6.07, 6.45) is 0.774. The van der Waals surface area contributed by atoms with E-state index in [1.54, 1.807) is 20.3 Å². The maximum Gasteiger partial charge on any atom is 0.254 e. The van der Waals surface area contributed by atoms with E-state index in [9.17, 15) is 9.59 Å². The van der Waals surface area contributed by atoms with Crippen molar-refractivity contribution < 1.29 is 19.1 Å². The highest BCUT2D eigenvalue weighted by Gasteiger charge is 2.48. The zero-order chi connectivity index (χ0) is 27.3. The van der Waals surface area contributed by atoms with Crippen LogP contribution in [0.25, 0.3) is 0 Å². The number of carbonyl (C=O) groups excluding carboxylic acids is 2. The molecule has 0 radical (unpaired) electrons. The van der Waals surface area contributed by atoms with Gasteiger partial charge in [-0.25, -0.2) is 0 Å². The average Bonchev–Trinajstić information content (AvgIpc) is 2.97. The van der Waals surface area contributed by atoms with Crippen LogP contribution in [0, 0.1) is 13.8 Å². The van der Waals surface area contributed by atoms with Gasteiger partial charge in [0, 0.05) is 44.0 Å². The van der Waals surface area contributed by atoms with Crippen molar-refractivity contribution in [2.24, 2.45) is 0 Å². The lowest BCUT2D eigenvalue weighted by atomic mass is 9.75. The van der Waals surface area contributed by atoms with Crippen molar-refractivity contribution >= 4 is 17.5 Å². The third-order valence-electron chi connectivity index (χ3n) is 8.59. The Morgan fingerprint density at radius 1 is 0.846 bits per heavy atom. The molecular formula is C32H35N3O4. The van der Waals surface area contributed by atoms with Crippen LogP contribution in [0.5, 0.6) is 11.5 Å². The fourth-order valence-electron chi connectivity index (χ4n) is 6.54. The Kier molecular flexibility index (Phi) is 6.45. The summed E-state index contributed by atoms with van der Waals surface area (Å²) >= 11 is 0. The molecule has 0 aromatic heterocycles. The number of nitrogens with zero attached hydrogens (tertiary/aromatic N) is 3. The first-order valence-electron chi connectivity index (χ1n) is 13.7. The lowest BCUT2D eigenvalue weighted by molar-refractivity contribution is -0.135. The zero-order valence-electron chi connectivity index (χ0n) is 23.1. The van der Waals surface area contributed by atoms with Crippen LogP contribution in [-0.2, 0) is 11.2 Å². The van der Waals surface area contributed by atoms with Crippen LogP contribution in [0.3, 0.4) is 0 Å². The molecule has 0 N–H and O–H groups in total. The Hall–Kier alpha value is -4.00. The molecule has 202 valence electrons. The fourth-order valence-corrected chi connectivity index (χ4v) is 6.54. The van der Waals surface area contributed by atoms with Gasteiger partial charge in [0.05, 0.1) is 26.2 Å². The number of methoxy groups -OCH3 is 2. The molecule has 0 bridgehead atoms. The van der Waals surface area contributed by atoms with Crippen LogP contribution in [0.4, 0.5) is 5.69 Å². The van der Waals surface area contributed by atoms with Gasteiger partial charge in [0.25, 0.3) is 5.91 Å². The lowest BCUT2D eigenvalue weighted by Crippen LogP contribution is -2.54. The first-order valence-corrected chi connectivity index (χ1v) is 13.7. The molecule has 1 saturated heterocycles. The maximum atomic E-state index is 14.5. The molecule has 3 aromatic carbocycles. The molecule has 3 aliphatic rings. The number of fused-ring (bicyclic) bond motifs is 4. The van der Waals surface area contributed by atoms with Crippen LogP contribution in [0.2, 0.25) is 0 Å². The number of amides is 2. The number of aryl methyl sites for hydroxylation is 2. The molecule has 3 aliphatic heterocycles. The standard InChI is InChI=1S/C32H35N3O4/c1-20-9-10-21(2)26(17-20)33-13-15-34(16-14-33)32(37)29-24-18-27(38-3)28(39-4)19-25(24)31(36)35-12-11-22-7-5-6-8-23(22)30(29)35/h5-10,17-19,29-30H,11-16H2,1-4H3/t29-,30-/m1/s1. The number of hydrogen-bond donors (Lipinski definition) is 0. The van der Waals surface area contributed by atoms with Gasteiger partial charge in [0.1, 0.15) is 0 Å². The number of carbonyl (C=O) groups is 2. The Morgan fingerprint density at radius 3 is 2.31 bits per heavy atom. The van der Waals surface area contributed by atoms with Gasteiger partial charge in [-0.15, -0.1) is 0 Å².